The van der Waals surface area contributed by atoms with Crippen LogP contribution in [0.4, 0.5) is 0 Å². The number of fused-ring (bicyclic) bond motifs is 9. The minimum Gasteiger partial charge on any atom is -0.309 e. The third-order valence-corrected chi connectivity index (χ3v) is 11.1. The predicted molar refractivity (Wildman–Crippen MR) is 224 cm³/mol. The molecule has 0 aliphatic rings. The van der Waals surface area contributed by atoms with E-state index in [2.05, 4.69) is 159 Å². The molecule has 0 N–H and O–H groups in total. The topological polar surface area (TPSA) is 62.4 Å². The van der Waals surface area contributed by atoms with Crippen LogP contribution < -0.4 is 0 Å². The summed E-state index contributed by atoms with van der Waals surface area (Å²) < 4.78 is 6.94. The van der Waals surface area contributed by atoms with Crippen LogP contribution in [-0.2, 0) is 0 Å². The lowest BCUT2D eigenvalue weighted by Gasteiger charge is -2.14. The zero-order valence-corrected chi connectivity index (χ0v) is 29.5. The second kappa shape index (κ2) is 11.8. The third kappa shape index (κ3) is 4.45. The van der Waals surface area contributed by atoms with E-state index in [-0.39, 0.29) is 0 Å². The van der Waals surface area contributed by atoms with E-state index >= 15 is 0 Å². The molecule has 5 nitrogen and oxygen atoms in total. The van der Waals surface area contributed by atoms with Crippen molar-refractivity contribution in [2.24, 2.45) is 0 Å². The minimum atomic E-state index is 0.599. The fourth-order valence-electron chi connectivity index (χ4n) is 8.79. The van der Waals surface area contributed by atoms with Crippen LogP contribution in [0.2, 0.25) is 0 Å². The number of nitriles is 2. The van der Waals surface area contributed by atoms with E-state index in [1.165, 1.54) is 27.2 Å². The van der Waals surface area contributed by atoms with E-state index in [9.17, 15) is 10.5 Å². The van der Waals surface area contributed by atoms with Crippen LogP contribution in [0.25, 0.3) is 93.6 Å². The van der Waals surface area contributed by atoms with Gasteiger partial charge in [0.05, 0.1) is 62.1 Å². The molecule has 0 unspecified atom stereocenters. The minimum absolute atomic E-state index is 0.599. The van der Waals surface area contributed by atoms with Gasteiger partial charge in [-0.3, -0.25) is 0 Å². The van der Waals surface area contributed by atoms with Crippen molar-refractivity contribution in [3.63, 3.8) is 0 Å². The van der Waals surface area contributed by atoms with Gasteiger partial charge in [-0.15, -0.1) is 0 Å². The highest BCUT2D eigenvalue weighted by molar-refractivity contribution is 6.16. The summed E-state index contributed by atoms with van der Waals surface area (Å²) in [6.07, 6.45) is 0. The summed E-state index contributed by atoms with van der Waals surface area (Å²) in [6.45, 7) is 0. The van der Waals surface area contributed by atoms with Crippen LogP contribution in [0.5, 0.6) is 0 Å². The molecule has 0 spiro atoms. The maximum absolute atomic E-state index is 10.5. The average molecular weight is 700 g/mol. The smallest absolute Gasteiger partial charge is 0.0998 e. The monoisotopic (exact) mass is 699 g/mol. The molecule has 0 bridgehead atoms. The number of rotatable bonds is 4. The first-order valence-corrected chi connectivity index (χ1v) is 18.3. The molecule has 0 radical (unpaired) electrons. The summed E-state index contributed by atoms with van der Waals surface area (Å²) in [6, 6.07) is 65.9. The molecule has 0 amide bonds. The molecule has 254 valence electrons. The first-order valence-electron chi connectivity index (χ1n) is 18.3. The van der Waals surface area contributed by atoms with Crippen LogP contribution >= 0.6 is 0 Å². The van der Waals surface area contributed by atoms with Crippen molar-refractivity contribution in [3.8, 4) is 40.3 Å². The Morgan fingerprint density at radius 1 is 0.364 bits per heavy atom. The lowest BCUT2D eigenvalue weighted by atomic mass is 9.99. The van der Waals surface area contributed by atoms with E-state index in [4.69, 9.17) is 0 Å². The van der Waals surface area contributed by atoms with Crippen molar-refractivity contribution in [2.45, 2.75) is 0 Å². The molecular weight excluding hydrogens is 671 g/mol. The quantitative estimate of drug-likeness (QED) is 0.184. The number of hydrogen-bond acceptors (Lipinski definition) is 2. The van der Waals surface area contributed by atoms with E-state index in [0.717, 1.165) is 66.4 Å². The Kier molecular flexibility index (Phi) is 6.61. The van der Waals surface area contributed by atoms with Gasteiger partial charge in [0.1, 0.15) is 0 Å². The second-order valence-electron chi connectivity index (χ2n) is 14.0. The highest BCUT2D eigenvalue weighted by atomic mass is 15.0. The van der Waals surface area contributed by atoms with Crippen molar-refractivity contribution in [1.29, 1.82) is 10.5 Å². The molecule has 0 fully saturated rings. The number of para-hydroxylation sites is 4. The van der Waals surface area contributed by atoms with Gasteiger partial charge in [-0.25, -0.2) is 0 Å². The molecule has 8 aromatic carbocycles. The van der Waals surface area contributed by atoms with Gasteiger partial charge in [0, 0.05) is 49.3 Å². The van der Waals surface area contributed by atoms with Crippen LogP contribution in [0.3, 0.4) is 0 Å². The maximum Gasteiger partial charge on any atom is 0.0998 e. The third-order valence-electron chi connectivity index (χ3n) is 11.1. The molecule has 0 saturated heterocycles. The first-order chi connectivity index (χ1) is 27.2. The number of hydrogen-bond donors (Lipinski definition) is 0. The molecule has 0 aliphatic carbocycles. The van der Waals surface area contributed by atoms with Gasteiger partial charge >= 0.3 is 0 Å². The summed E-state index contributed by atoms with van der Waals surface area (Å²) in [4.78, 5) is 0. The molecular formula is C50H29N5. The number of benzene rings is 8. The molecule has 11 aromatic rings. The summed E-state index contributed by atoms with van der Waals surface area (Å²) >= 11 is 0. The molecule has 0 saturated carbocycles. The summed E-state index contributed by atoms with van der Waals surface area (Å²) in [5, 5.41) is 27.2. The molecule has 0 atom stereocenters. The van der Waals surface area contributed by atoms with E-state index in [1.54, 1.807) is 0 Å². The standard InChI is InChI=1S/C50H29N5/c51-30-32-23-26-40-39-15-1-5-17-43(39)54(49(40)27-32)35-12-9-11-33(28-35)42-29-36(25-24-34(42)31-52)53-46-20-8-4-16-41(46)50-47(53)21-10-22-48(50)55-44-18-6-2-13-37(44)38-14-3-7-19-45(38)55/h1-29H. The molecule has 3 aromatic heterocycles. The van der Waals surface area contributed by atoms with Gasteiger partial charge in [0.2, 0.25) is 0 Å². The van der Waals surface area contributed by atoms with Crippen molar-refractivity contribution in [1.82, 2.24) is 13.7 Å². The lowest BCUT2D eigenvalue weighted by molar-refractivity contribution is 1.17. The van der Waals surface area contributed by atoms with Crippen LogP contribution in [0.15, 0.2) is 176 Å². The second-order valence-corrected chi connectivity index (χ2v) is 14.0. The van der Waals surface area contributed by atoms with Crippen molar-refractivity contribution in [2.75, 3.05) is 0 Å². The Bertz CT molecular complexity index is 3420. The molecule has 0 aliphatic heterocycles. The van der Waals surface area contributed by atoms with Crippen molar-refractivity contribution < 1.29 is 0 Å². The Balaban J connectivity index is 1.14. The molecule has 3 heterocycles. The Morgan fingerprint density at radius 2 is 0.909 bits per heavy atom. The largest absolute Gasteiger partial charge is 0.309 e. The normalized spacial score (nSPS) is 11.6. The summed E-state index contributed by atoms with van der Waals surface area (Å²) in [7, 11) is 0. The van der Waals surface area contributed by atoms with Gasteiger partial charge < -0.3 is 13.7 Å². The Hall–Kier alpha value is -7.86. The van der Waals surface area contributed by atoms with E-state index < -0.39 is 0 Å². The molecule has 11 rings (SSSR count). The fourth-order valence-corrected chi connectivity index (χ4v) is 8.79. The van der Waals surface area contributed by atoms with Gasteiger partial charge in [-0.1, -0.05) is 97.1 Å². The van der Waals surface area contributed by atoms with Gasteiger partial charge in [0.15, 0.2) is 0 Å². The van der Waals surface area contributed by atoms with Crippen molar-refractivity contribution >= 4 is 65.4 Å². The summed E-state index contributed by atoms with van der Waals surface area (Å²) in [5.41, 5.74) is 12.6. The average Bonchev–Trinajstić information content (AvgIpc) is 3.89. The fraction of sp³-hybridized carbons (Fsp3) is 0. The lowest BCUT2D eigenvalue weighted by Crippen LogP contribution is -1.98. The van der Waals surface area contributed by atoms with Crippen LogP contribution in [0.1, 0.15) is 11.1 Å². The predicted octanol–water partition coefficient (Wildman–Crippen LogP) is 12.4. The van der Waals surface area contributed by atoms with Crippen LogP contribution in [0, 0.1) is 22.7 Å². The molecule has 55 heavy (non-hydrogen) atoms. The van der Waals surface area contributed by atoms with Crippen LogP contribution in [-0.4, -0.2) is 13.7 Å². The highest BCUT2D eigenvalue weighted by Gasteiger charge is 2.20. The zero-order valence-electron chi connectivity index (χ0n) is 29.5. The number of aromatic nitrogens is 3. The Morgan fingerprint density at radius 3 is 1.58 bits per heavy atom. The number of nitrogens with zero attached hydrogens (tertiary/aromatic N) is 5. The van der Waals surface area contributed by atoms with Gasteiger partial charge in [0.25, 0.3) is 0 Å². The maximum atomic E-state index is 10.5. The van der Waals surface area contributed by atoms with Gasteiger partial charge in [-0.05, 0) is 84.4 Å². The SMILES string of the molecule is N#Cc1ccc2c3ccccc3n(-c3cccc(-c4cc(-n5c6ccccc6c6c(-n7c8ccccc8c8ccccc87)cccc65)ccc4C#N)c3)c2c1. The Labute approximate surface area is 316 Å². The van der Waals surface area contributed by atoms with E-state index in [0.29, 0.717) is 11.1 Å². The summed E-state index contributed by atoms with van der Waals surface area (Å²) in [5.74, 6) is 0. The zero-order chi connectivity index (χ0) is 36.6. The van der Waals surface area contributed by atoms with Crippen molar-refractivity contribution in [3.05, 3.63) is 187 Å². The van der Waals surface area contributed by atoms with E-state index in [1.807, 2.05) is 42.5 Å². The van der Waals surface area contributed by atoms with Gasteiger partial charge in [-0.2, -0.15) is 10.5 Å². The molecule has 5 heteroatoms. The first kappa shape index (κ1) is 30.7. The highest BCUT2D eigenvalue weighted by Crippen LogP contribution is 2.41.